The first-order valence-corrected chi connectivity index (χ1v) is 16.0. The molecule has 0 unspecified atom stereocenters. The maximum Gasteiger partial charge on any atom is 0.141 e. The van der Waals surface area contributed by atoms with Gasteiger partial charge >= 0.3 is 0 Å². The highest BCUT2D eigenvalue weighted by Gasteiger charge is 2.51. The molecule has 0 radical (unpaired) electrons. The fourth-order valence-electron chi connectivity index (χ4n) is 8.80. The number of aryl methyl sites for hydroxylation is 2. The number of hydrogen-bond donors (Lipinski definition) is 0. The fourth-order valence-corrected chi connectivity index (χ4v) is 8.80. The van der Waals surface area contributed by atoms with Gasteiger partial charge in [0.2, 0.25) is 0 Å². The Bertz CT molecular complexity index is 2430. The summed E-state index contributed by atoms with van der Waals surface area (Å²) < 4.78 is 5.70. The highest BCUT2D eigenvalue weighted by atomic mass is 16.5. The normalized spacial score (nSPS) is 13.6. The molecule has 0 atom stereocenters. The van der Waals surface area contributed by atoms with Crippen LogP contribution in [0.15, 0.2) is 144 Å². The van der Waals surface area contributed by atoms with Crippen LogP contribution in [0.3, 0.4) is 0 Å². The van der Waals surface area contributed by atoms with Crippen molar-refractivity contribution in [3.05, 3.63) is 173 Å². The molecule has 2 aliphatic rings. The van der Waals surface area contributed by atoms with Gasteiger partial charge in [-0.05, 0) is 97.1 Å². The van der Waals surface area contributed by atoms with E-state index in [0.717, 1.165) is 17.0 Å². The smallest absolute Gasteiger partial charge is 0.141 e. The third kappa shape index (κ3) is 3.08. The molecule has 8 aromatic rings. The van der Waals surface area contributed by atoms with E-state index in [1.807, 2.05) is 13.8 Å². The van der Waals surface area contributed by atoms with Gasteiger partial charge in [-0.1, -0.05) is 139 Å². The monoisotopic (exact) mass is 587 g/mol. The molecule has 0 saturated carbocycles. The Balaban J connectivity index is 1.34. The van der Waals surface area contributed by atoms with Crippen molar-refractivity contribution < 1.29 is 4.52 Å². The molecule has 1 spiro atoms. The topological polar surface area (TPSA) is 26.0 Å². The van der Waals surface area contributed by atoms with E-state index in [9.17, 15) is 0 Å². The second-order valence-electron chi connectivity index (χ2n) is 12.7. The van der Waals surface area contributed by atoms with Gasteiger partial charge in [0.25, 0.3) is 0 Å². The number of aromatic nitrogens is 1. The lowest BCUT2D eigenvalue weighted by Gasteiger charge is -2.30. The first-order chi connectivity index (χ1) is 22.7. The van der Waals surface area contributed by atoms with Gasteiger partial charge in [0, 0.05) is 11.1 Å². The van der Waals surface area contributed by atoms with Crippen LogP contribution in [0.25, 0.3) is 66.1 Å². The first kappa shape index (κ1) is 25.6. The van der Waals surface area contributed by atoms with Gasteiger partial charge in [0.1, 0.15) is 5.76 Å². The molecule has 2 heteroatoms. The minimum atomic E-state index is -0.378. The molecule has 46 heavy (non-hydrogen) atoms. The molecule has 0 fully saturated rings. The predicted molar refractivity (Wildman–Crippen MR) is 188 cm³/mol. The van der Waals surface area contributed by atoms with Crippen molar-refractivity contribution in [1.29, 1.82) is 0 Å². The molecule has 216 valence electrons. The molecular weight excluding hydrogens is 558 g/mol. The lowest BCUT2D eigenvalue weighted by Crippen LogP contribution is -2.25. The van der Waals surface area contributed by atoms with E-state index in [-0.39, 0.29) is 5.41 Å². The summed E-state index contributed by atoms with van der Waals surface area (Å²) in [6, 6.07) is 51.9. The van der Waals surface area contributed by atoms with Crippen molar-refractivity contribution in [2.24, 2.45) is 0 Å². The average Bonchev–Trinajstić information content (AvgIpc) is 3.71. The van der Waals surface area contributed by atoms with E-state index < -0.39 is 0 Å². The molecule has 0 saturated heterocycles. The van der Waals surface area contributed by atoms with E-state index in [1.165, 1.54) is 82.7 Å². The molecule has 7 aromatic carbocycles. The summed E-state index contributed by atoms with van der Waals surface area (Å²) >= 11 is 0. The minimum Gasteiger partial charge on any atom is -0.361 e. The molecule has 1 aromatic heterocycles. The van der Waals surface area contributed by atoms with Gasteiger partial charge in [-0.3, -0.25) is 0 Å². The van der Waals surface area contributed by atoms with Gasteiger partial charge in [-0.25, -0.2) is 0 Å². The lowest BCUT2D eigenvalue weighted by atomic mass is 9.70. The van der Waals surface area contributed by atoms with Crippen LogP contribution < -0.4 is 0 Å². The second-order valence-corrected chi connectivity index (χ2v) is 12.7. The average molecular weight is 588 g/mol. The number of hydrogen-bond acceptors (Lipinski definition) is 2. The Kier molecular flexibility index (Phi) is 5.09. The zero-order chi connectivity index (χ0) is 30.6. The predicted octanol–water partition coefficient (Wildman–Crippen LogP) is 11.3. The van der Waals surface area contributed by atoms with Gasteiger partial charge < -0.3 is 4.52 Å². The molecule has 0 bridgehead atoms. The Morgan fingerprint density at radius 2 is 0.870 bits per heavy atom. The van der Waals surface area contributed by atoms with Gasteiger partial charge in [-0.15, -0.1) is 0 Å². The van der Waals surface area contributed by atoms with Crippen LogP contribution in [0.1, 0.15) is 33.7 Å². The van der Waals surface area contributed by atoms with E-state index >= 15 is 0 Å². The van der Waals surface area contributed by atoms with Crippen LogP contribution in [0, 0.1) is 13.8 Å². The Morgan fingerprint density at radius 1 is 0.435 bits per heavy atom. The fraction of sp³-hybridized carbons (Fsp3) is 0.0682. The Morgan fingerprint density at radius 3 is 1.35 bits per heavy atom. The third-order valence-corrected chi connectivity index (χ3v) is 10.5. The third-order valence-electron chi connectivity index (χ3n) is 10.5. The lowest BCUT2D eigenvalue weighted by molar-refractivity contribution is 0.393. The minimum absolute atomic E-state index is 0.378. The molecule has 1 heterocycles. The molecule has 0 N–H and O–H groups in total. The van der Waals surface area contributed by atoms with Gasteiger partial charge in [-0.2, -0.15) is 0 Å². The summed E-state index contributed by atoms with van der Waals surface area (Å²) in [6.07, 6.45) is 0. The second kappa shape index (κ2) is 9.15. The van der Waals surface area contributed by atoms with E-state index in [4.69, 9.17) is 4.52 Å². The molecule has 2 nitrogen and oxygen atoms in total. The van der Waals surface area contributed by atoms with E-state index in [0.29, 0.717) is 0 Å². The zero-order valence-electron chi connectivity index (χ0n) is 25.6. The number of benzene rings is 7. The maximum absolute atomic E-state index is 5.70. The summed E-state index contributed by atoms with van der Waals surface area (Å²) in [5.74, 6) is 0.844. The number of nitrogens with zero attached hydrogens (tertiary/aromatic N) is 1. The van der Waals surface area contributed by atoms with Crippen LogP contribution in [0.2, 0.25) is 0 Å². The molecule has 0 amide bonds. The van der Waals surface area contributed by atoms with Crippen LogP contribution in [-0.4, -0.2) is 5.16 Å². The quantitative estimate of drug-likeness (QED) is 0.188. The Labute approximate surface area is 267 Å². The summed E-state index contributed by atoms with van der Waals surface area (Å²) in [5.41, 5.74) is 16.0. The molecule has 10 rings (SSSR count). The van der Waals surface area contributed by atoms with Gasteiger partial charge in [0.05, 0.1) is 11.1 Å². The Hall–Kier alpha value is -5.73. The van der Waals surface area contributed by atoms with Crippen LogP contribution >= 0.6 is 0 Å². The van der Waals surface area contributed by atoms with Crippen molar-refractivity contribution in [2.75, 3.05) is 0 Å². The molecule has 0 aliphatic heterocycles. The molecule has 2 aliphatic carbocycles. The standard InChI is InChI=1S/C44H29NO/c1-26-41(27(2)46-45-26)43-35-18-5-3-16-33(35)42(34-17-4-6-19-36(34)43)28-23-24-32-31-15-9-12-22-39(31)44(40(32)25-28)37-20-10-7-13-29(37)30-14-8-11-21-38(30)44/h3-25H,1-2H3. The summed E-state index contributed by atoms with van der Waals surface area (Å²) in [4.78, 5) is 0. The van der Waals surface area contributed by atoms with E-state index in [1.54, 1.807) is 0 Å². The van der Waals surface area contributed by atoms with Gasteiger partial charge in [0.15, 0.2) is 0 Å². The summed E-state index contributed by atoms with van der Waals surface area (Å²) in [7, 11) is 0. The van der Waals surface area contributed by atoms with Crippen molar-refractivity contribution in [3.63, 3.8) is 0 Å². The maximum atomic E-state index is 5.70. The van der Waals surface area contributed by atoms with Crippen molar-refractivity contribution >= 4 is 21.5 Å². The molecular formula is C44H29NO. The summed E-state index contributed by atoms with van der Waals surface area (Å²) in [5, 5.41) is 9.23. The number of fused-ring (bicyclic) bond motifs is 12. The first-order valence-electron chi connectivity index (χ1n) is 16.0. The van der Waals surface area contributed by atoms with E-state index in [2.05, 4.69) is 145 Å². The zero-order valence-corrected chi connectivity index (χ0v) is 25.6. The van der Waals surface area contributed by atoms with Crippen molar-refractivity contribution in [3.8, 4) is 44.5 Å². The highest BCUT2D eigenvalue weighted by Crippen LogP contribution is 2.63. The largest absolute Gasteiger partial charge is 0.361 e. The van der Waals surface area contributed by atoms with Crippen molar-refractivity contribution in [2.45, 2.75) is 19.3 Å². The van der Waals surface area contributed by atoms with Crippen LogP contribution in [0.5, 0.6) is 0 Å². The van der Waals surface area contributed by atoms with Crippen LogP contribution in [0.4, 0.5) is 0 Å². The highest BCUT2D eigenvalue weighted by molar-refractivity contribution is 6.22. The number of rotatable bonds is 2. The van der Waals surface area contributed by atoms with Crippen LogP contribution in [-0.2, 0) is 5.41 Å². The SMILES string of the molecule is Cc1noc(C)c1-c1c2ccccc2c(-c2ccc3c(c2)C2(c4ccccc4-c4ccccc42)c2ccccc2-3)c2ccccc12. The van der Waals surface area contributed by atoms with Crippen molar-refractivity contribution in [1.82, 2.24) is 5.16 Å². The summed E-state index contributed by atoms with van der Waals surface area (Å²) in [6.45, 7) is 4.06.